The maximum absolute atomic E-state index is 11.5. The van der Waals surface area contributed by atoms with Crippen molar-refractivity contribution in [3.8, 4) is 11.5 Å². The van der Waals surface area contributed by atoms with Gasteiger partial charge in [0.05, 0.1) is 7.11 Å². The lowest BCUT2D eigenvalue weighted by molar-refractivity contribution is -0.122. The average molecular weight is 299 g/mol. The van der Waals surface area contributed by atoms with E-state index in [9.17, 15) is 4.79 Å². The van der Waals surface area contributed by atoms with Gasteiger partial charge >= 0.3 is 0 Å². The molecule has 0 aliphatic heterocycles. The van der Waals surface area contributed by atoms with Crippen molar-refractivity contribution in [3.63, 3.8) is 0 Å². The molecule has 1 rings (SSSR count). The van der Waals surface area contributed by atoms with Gasteiger partial charge in [0.1, 0.15) is 11.5 Å². The van der Waals surface area contributed by atoms with Crippen LogP contribution in [-0.4, -0.2) is 49.4 Å². The molecule has 0 bridgehead atoms. The molecule has 20 heavy (non-hydrogen) atoms. The number of aliphatic hydroxyl groups excluding tert-OH is 1. The van der Waals surface area contributed by atoms with Crippen molar-refractivity contribution in [1.29, 1.82) is 0 Å². The second-order valence-electron chi connectivity index (χ2n) is 4.00. The van der Waals surface area contributed by atoms with Gasteiger partial charge in [-0.25, -0.2) is 0 Å². The molecule has 0 spiro atoms. The van der Waals surface area contributed by atoms with Crippen LogP contribution in [-0.2, 0) is 4.79 Å². The van der Waals surface area contributed by atoms with Gasteiger partial charge in [-0.1, -0.05) is 0 Å². The summed E-state index contributed by atoms with van der Waals surface area (Å²) >= 11 is 1.71. The van der Waals surface area contributed by atoms with Crippen LogP contribution in [0.4, 0.5) is 0 Å². The molecule has 0 fully saturated rings. The fraction of sp³-hybridized carbons (Fsp3) is 0.500. The van der Waals surface area contributed by atoms with Crippen LogP contribution in [0.1, 0.15) is 6.42 Å². The van der Waals surface area contributed by atoms with E-state index in [2.05, 4.69) is 5.32 Å². The highest BCUT2D eigenvalue weighted by molar-refractivity contribution is 7.99. The molecule has 112 valence electrons. The highest BCUT2D eigenvalue weighted by Gasteiger charge is 2.02. The molecule has 0 aliphatic rings. The highest BCUT2D eigenvalue weighted by Crippen LogP contribution is 2.16. The molecular formula is C14H21NO4S. The molecular weight excluding hydrogens is 278 g/mol. The van der Waals surface area contributed by atoms with Crippen molar-refractivity contribution < 1.29 is 19.4 Å². The number of hydrogen-bond donors (Lipinski definition) is 2. The Morgan fingerprint density at radius 2 is 1.95 bits per heavy atom. The molecule has 0 unspecified atom stereocenters. The number of rotatable bonds is 10. The Balaban J connectivity index is 2.10. The SMILES string of the molecule is COc1ccc(OCC(=O)NCCSCCCO)cc1. The number of ether oxygens (including phenoxy) is 2. The number of aliphatic hydroxyl groups is 1. The first-order valence-corrected chi connectivity index (χ1v) is 7.64. The summed E-state index contributed by atoms with van der Waals surface area (Å²) in [5.41, 5.74) is 0. The van der Waals surface area contributed by atoms with Crippen LogP contribution in [0.25, 0.3) is 0 Å². The van der Waals surface area contributed by atoms with E-state index in [0.717, 1.165) is 23.7 Å². The summed E-state index contributed by atoms with van der Waals surface area (Å²) < 4.78 is 10.4. The van der Waals surface area contributed by atoms with Crippen molar-refractivity contribution in [2.45, 2.75) is 6.42 Å². The van der Waals surface area contributed by atoms with Crippen LogP contribution in [0, 0.1) is 0 Å². The molecule has 0 saturated heterocycles. The van der Waals surface area contributed by atoms with Crippen molar-refractivity contribution in [2.24, 2.45) is 0 Å². The summed E-state index contributed by atoms with van der Waals surface area (Å²) in [4.78, 5) is 11.5. The quantitative estimate of drug-likeness (QED) is 0.638. The molecule has 1 aromatic rings. The van der Waals surface area contributed by atoms with Crippen molar-refractivity contribution >= 4 is 17.7 Å². The van der Waals surface area contributed by atoms with Gasteiger partial charge in [-0.05, 0) is 36.4 Å². The first kappa shape index (κ1) is 16.7. The number of hydrogen-bond acceptors (Lipinski definition) is 5. The maximum Gasteiger partial charge on any atom is 0.257 e. The van der Waals surface area contributed by atoms with Gasteiger partial charge in [0.2, 0.25) is 0 Å². The monoisotopic (exact) mass is 299 g/mol. The molecule has 0 atom stereocenters. The molecule has 0 aliphatic carbocycles. The van der Waals surface area contributed by atoms with Crippen molar-refractivity contribution in [2.75, 3.05) is 38.4 Å². The number of carbonyl (C=O) groups is 1. The molecule has 0 saturated carbocycles. The Morgan fingerprint density at radius 3 is 2.60 bits per heavy atom. The Morgan fingerprint density at radius 1 is 1.25 bits per heavy atom. The standard InChI is InChI=1S/C14H21NO4S/c1-18-12-3-5-13(6-4-12)19-11-14(17)15-7-10-20-9-2-8-16/h3-6,16H,2,7-11H2,1H3,(H,15,17). The largest absolute Gasteiger partial charge is 0.497 e. The van der Waals surface area contributed by atoms with Crippen molar-refractivity contribution in [3.05, 3.63) is 24.3 Å². The number of nitrogens with one attached hydrogen (secondary N) is 1. The minimum Gasteiger partial charge on any atom is -0.497 e. The predicted molar refractivity (Wildman–Crippen MR) is 80.5 cm³/mol. The number of benzene rings is 1. The Labute approximate surface area is 123 Å². The molecule has 0 heterocycles. The van der Waals surface area contributed by atoms with E-state index in [1.54, 1.807) is 43.1 Å². The molecule has 1 aromatic carbocycles. The lowest BCUT2D eigenvalue weighted by Gasteiger charge is -2.08. The lowest BCUT2D eigenvalue weighted by atomic mass is 10.3. The summed E-state index contributed by atoms with van der Waals surface area (Å²) in [7, 11) is 1.60. The van der Waals surface area contributed by atoms with Gasteiger partial charge in [-0.2, -0.15) is 11.8 Å². The van der Waals surface area contributed by atoms with Crippen LogP contribution in [0.15, 0.2) is 24.3 Å². The first-order valence-electron chi connectivity index (χ1n) is 6.48. The molecule has 0 aromatic heterocycles. The van der Waals surface area contributed by atoms with E-state index in [-0.39, 0.29) is 19.1 Å². The second-order valence-corrected chi connectivity index (χ2v) is 5.23. The first-order chi connectivity index (χ1) is 9.76. The minimum atomic E-state index is -0.136. The molecule has 5 nitrogen and oxygen atoms in total. The van der Waals surface area contributed by atoms with Gasteiger partial charge in [0, 0.05) is 18.9 Å². The third-order valence-corrected chi connectivity index (χ3v) is 3.51. The summed E-state index contributed by atoms with van der Waals surface area (Å²) in [6.07, 6.45) is 0.791. The third-order valence-electron chi connectivity index (χ3n) is 2.44. The van der Waals surface area contributed by atoms with Crippen LogP contribution in [0.5, 0.6) is 11.5 Å². The smallest absolute Gasteiger partial charge is 0.257 e. The fourth-order valence-corrected chi connectivity index (χ4v) is 2.19. The summed E-state index contributed by atoms with van der Waals surface area (Å²) in [6, 6.07) is 7.09. The normalized spacial score (nSPS) is 10.1. The Hall–Kier alpha value is -1.40. The molecule has 1 amide bonds. The van der Waals surface area contributed by atoms with Gasteiger partial charge in [-0.3, -0.25) is 4.79 Å². The van der Waals surface area contributed by atoms with E-state index >= 15 is 0 Å². The van der Waals surface area contributed by atoms with Crippen LogP contribution in [0.2, 0.25) is 0 Å². The summed E-state index contributed by atoms with van der Waals surface area (Å²) in [5.74, 6) is 3.01. The minimum absolute atomic E-state index is 0.00757. The topological polar surface area (TPSA) is 67.8 Å². The van der Waals surface area contributed by atoms with E-state index in [1.807, 2.05) is 0 Å². The number of methoxy groups -OCH3 is 1. The van der Waals surface area contributed by atoms with Gasteiger partial charge in [-0.15, -0.1) is 0 Å². The predicted octanol–water partition coefficient (Wildman–Crippen LogP) is 1.31. The van der Waals surface area contributed by atoms with E-state index in [0.29, 0.717) is 12.3 Å². The number of thioether (sulfide) groups is 1. The Bertz CT molecular complexity index is 383. The van der Waals surface area contributed by atoms with Crippen LogP contribution < -0.4 is 14.8 Å². The molecule has 2 N–H and O–H groups in total. The number of carbonyl (C=O) groups excluding carboxylic acids is 1. The summed E-state index contributed by atoms with van der Waals surface area (Å²) in [6.45, 7) is 0.837. The highest BCUT2D eigenvalue weighted by atomic mass is 32.2. The molecule has 0 radical (unpaired) electrons. The zero-order valence-corrected chi connectivity index (χ0v) is 12.4. The zero-order chi connectivity index (χ0) is 14.6. The van der Waals surface area contributed by atoms with Gasteiger partial charge in [0.25, 0.3) is 5.91 Å². The van der Waals surface area contributed by atoms with Gasteiger partial charge in [0.15, 0.2) is 6.61 Å². The Kier molecular flexibility index (Phi) is 8.66. The van der Waals surface area contributed by atoms with Crippen LogP contribution >= 0.6 is 11.8 Å². The average Bonchev–Trinajstić information content (AvgIpc) is 2.49. The third kappa shape index (κ3) is 7.25. The summed E-state index contributed by atoms with van der Waals surface area (Å²) in [5, 5.41) is 11.4. The zero-order valence-electron chi connectivity index (χ0n) is 11.6. The second kappa shape index (κ2) is 10.4. The van der Waals surface area contributed by atoms with E-state index in [1.165, 1.54) is 0 Å². The van der Waals surface area contributed by atoms with Gasteiger partial charge < -0.3 is 19.9 Å². The van der Waals surface area contributed by atoms with Crippen LogP contribution in [0.3, 0.4) is 0 Å². The number of amides is 1. The fourth-order valence-electron chi connectivity index (χ4n) is 1.40. The van der Waals surface area contributed by atoms with E-state index < -0.39 is 0 Å². The molecule has 6 heteroatoms. The van der Waals surface area contributed by atoms with E-state index in [4.69, 9.17) is 14.6 Å². The van der Waals surface area contributed by atoms with Crippen molar-refractivity contribution in [1.82, 2.24) is 5.32 Å². The lowest BCUT2D eigenvalue weighted by Crippen LogP contribution is -2.30. The maximum atomic E-state index is 11.5.